The van der Waals surface area contributed by atoms with E-state index in [9.17, 15) is 9.59 Å². The summed E-state index contributed by atoms with van der Waals surface area (Å²) in [5.74, 6) is 0.138. The summed E-state index contributed by atoms with van der Waals surface area (Å²) in [5, 5.41) is 1.01. The van der Waals surface area contributed by atoms with Gasteiger partial charge in [-0.15, -0.1) is 0 Å². The number of rotatable bonds is 6. The zero-order chi connectivity index (χ0) is 25.9. The number of amides is 2. The molecule has 1 aliphatic heterocycles. The van der Waals surface area contributed by atoms with Crippen LogP contribution in [0.15, 0.2) is 72.9 Å². The van der Waals surface area contributed by atoms with Crippen LogP contribution in [0.2, 0.25) is 0 Å². The third kappa shape index (κ3) is 5.24. The number of H-pyrrole nitrogens is 1. The maximum absolute atomic E-state index is 12.4. The van der Waals surface area contributed by atoms with Gasteiger partial charge in [0.15, 0.2) is 0 Å². The van der Waals surface area contributed by atoms with Crippen LogP contribution in [0, 0.1) is 5.92 Å². The second-order valence-electron chi connectivity index (χ2n) is 10.2. The molecule has 6 heteroatoms. The Labute approximate surface area is 217 Å². The van der Waals surface area contributed by atoms with Gasteiger partial charge in [0.1, 0.15) is 0 Å². The van der Waals surface area contributed by atoms with Gasteiger partial charge in [-0.1, -0.05) is 68.4 Å². The van der Waals surface area contributed by atoms with Crippen LogP contribution in [0.3, 0.4) is 0 Å². The Hall–Kier alpha value is -4.06. The molecule has 0 aliphatic carbocycles. The Bertz CT molecular complexity index is 1400. The largest absolute Gasteiger partial charge is 0.449 e. The Morgan fingerprint density at radius 3 is 2.19 bits per heavy atom. The average Bonchev–Trinajstić information content (AvgIpc) is 3.36. The summed E-state index contributed by atoms with van der Waals surface area (Å²) in [5.41, 5.74) is 12.5. The standard InChI is InChI=1S/C31H33N3O3/c1-20(2)19-37-31(36)34-14-12-24(13-15-34)28-18-33-29-26(28)16-25(17-27(29)30(32)35)23-10-8-22(9-11-23)21-6-4-3-5-7-21/h3-11,16-18,20,24,33H,12-15,19H2,1-2H3,(H2,32,35). The van der Waals surface area contributed by atoms with Crippen LogP contribution in [0.25, 0.3) is 33.2 Å². The van der Waals surface area contributed by atoms with Gasteiger partial charge in [0, 0.05) is 24.7 Å². The van der Waals surface area contributed by atoms with Gasteiger partial charge in [-0.3, -0.25) is 4.79 Å². The molecule has 190 valence electrons. The number of carbonyl (C=O) groups is 2. The molecule has 37 heavy (non-hydrogen) atoms. The van der Waals surface area contributed by atoms with Gasteiger partial charge in [-0.05, 0) is 64.6 Å². The number of primary amides is 1. The molecular weight excluding hydrogens is 462 g/mol. The molecule has 2 heterocycles. The molecule has 2 amide bonds. The van der Waals surface area contributed by atoms with Crippen LogP contribution in [0.1, 0.15) is 48.5 Å². The van der Waals surface area contributed by atoms with Crippen molar-refractivity contribution in [3.05, 3.63) is 84.1 Å². The lowest BCUT2D eigenvalue weighted by atomic mass is 9.88. The predicted molar refractivity (Wildman–Crippen MR) is 147 cm³/mol. The van der Waals surface area contributed by atoms with E-state index in [0.717, 1.165) is 51.6 Å². The zero-order valence-electron chi connectivity index (χ0n) is 21.4. The molecule has 0 atom stereocenters. The number of nitrogens with two attached hydrogens (primary N) is 1. The number of benzene rings is 3. The van der Waals surface area contributed by atoms with E-state index in [1.807, 2.05) is 44.3 Å². The lowest BCUT2D eigenvalue weighted by molar-refractivity contribution is 0.0834. The summed E-state index contributed by atoms with van der Waals surface area (Å²) in [6.07, 6.45) is 3.44. The van der Waals surface area contributed by atoms with Gasteiger partial charge < -0.3 is 20.4 Å². The summed E-state index contributed by atoms with van der Waals surface area (Å²) < 4.78 is 5.41. The molecule has 5 rings (SSSR count). The van der Waals surface area contributed by atoms with E-state index in [0.29, 0.717) is 31.2 Å². The molecule has 4 aromatic rings. The number of piperidine rings is 1. The Balaban J connectivity index is 1.41. The number of ether oxygens (including phenoxy) is 1. The molecule has 0 bridgehead atoms. The molecule has 6 nitrogen and oxygen atoms in total. The molecule has 0 saturated carbocycles. The van der Waals surface area contributed by atoms with Gasteiger partial charge in [-0.25, -0.2) is 4.79 Å². The Morgan fingerprint density at radius 1 is 0.946 bits per heavy atom. The molecule has 0 unspecified atom stereocenters. The maximum atomic E-state index is 12.4. The van der Waals surface area contributed by atoms with Gasteiger partial charge in [0.2, 0.25) is 0 Å². The minimum Gasteiger partial charge on any atom is -0.449 e. The van der Waals surface area contributed by atoms with Gasteiger partial charge in [0.05, 0.1) is 17.7 Å². The number of aromatic amines is 1. The van der Waals surface area contributed by atoms with Crippen molar-refractivity contribution in [1.29, 1.82) is 0 Å². The van der Waals surface area contributed by atoms with Crippen LogP contribution in [0.4, 0.5) is 4.79 Å². The summed E-state index contributed by atoms with van der Waals surface area (Å²) in [7, 11) is 0. The first kappa shape index (κ1) is 24.6. The highest BCUT2D eigenvalue weighted by atomic mass is 16.6. The summed E-state index contributed by atoms with van der Waals surface area (Å²) in [4.78, 5) is 29.9. The molecule has 1 aromatic heterocycles. The van der Waals surface area contributed by atoms with Crippen molar-refractivity contribution in [1.82, 2.24) is 9.88 Å². The number of fused-ring (bicyclic) bond motifs is 1. The van der Waals surface area contributed by atoms with Gasteiger partial charge >= 0.3 is 6.09 Å². The Morgan fingerprint density at radius 2 is 1.57 bits per heavy atom. The first-order valence-corrected chi connectivity index (χ1v) is 12.9. The molecule has 1 aliphatic rings. The van der Waals surface area contributed by atoms with Crippen molar-refractivity contribution in [2.24, 2.45) is 11.7 Å². The number of aromatic nitrogens is 1. The highest BCUT2D eigenvalue weighted by Gasteiger charge is 2.27. The van der Waals surface area contributed by atoms with Gasteiger partial charge in [0.25, 0.3) is 5.91 Å². The molecular formula is C31H33N3O3. The third-order valence-electron chi connectivity index (χ3n) is 7.15. The summed E-state index contributed by atoms with van der Waals surface area (Å²) in [6, 6.07) is 22.6. The topological polar surface area (TPSA) is 88.4 Å². The molecule has 1 fully saturated rings. The highest BCUT2D eigenvalue weighted by Crippen LogP contribution is 2.37. The fraction of sp³-hybridized carbons (Fsp3) is 0.290. The Kier molecular flexibility index (Phi) is 6.99. The fourth-order valence-electron chi connectivity index (χ4n) is 5.14. The van der Waals surface area contributed by atoms with Crippen LogP contribution >= 0.6 is 0 Å². The smallest absolute Gasteiger partial charge is 0.409 e. The quantitative estimate of drug-likeness (QED) is 0.317. The number of nitrogens with zero attached hydrogens (tertiary/aromatic N) is 1. The monoisotopic (exact) mass is 495 g/mol. The van der Waals surface area contributed by atoms with Crippen LogP contribution in [-0.4, -0.2) is 41.6 Å². The van der Waals surface area contributed by atoms with E-state index in [1.54, 1.807) is 4.90 Å². The molecule has 0 spiro atoms. The van der Waals surface area contributed by atoms with Crippen molar-refractivity contribution in [3.8, 4) is 22.3 Å². The van der Waals surface area contributed by atoms with E-state index in [2.05, 4.69) is 47.4 Å². The second-order valence-corrected chi connectivity index (χ2v) is 10.2. The fourth-order valence-corrected chi connectivity index (χ4v) is 5.14. The number of nitrogens with one attached hydrogen (secondary N) is 1. The summed E-state index contributed by atoms with van der Waals surface area (Å²) >= 11 is 0. The number of hydrogen-bond donors (Lipinski definition) is 2. The van der Waals surface area contributed by atoms with Crippen molar-refractivity contribution in [3.63, 3.8) is 0 Å². The number of likely N-dealkylation sites (tertiary alicyclic amines) is 1. The van der Waals surface area contributed by atoms with E-state index in [4.69, 9.17) is 10.5 Å². The van der Waals surface area contributed by atoms with Crippen molar-refractivity contribution in [2.75, 3.05) is 19.7 Å². The molecule has 0 radical (unpaired) electrons. The van der Waals surface area contributed by atoms with Crippen LogP contribution in [0.5, 0.6) is 0 Å². The van der Waals surface area contributed by atoms with Crippen LogP contribution < -0.4 is 5.73 Å². The first-order chi connectivity index (χ1) is 17.9. The second kappa shape index (κ2) is 10.5. The SMILES string of the molecule is CC(C)COC(=O)N1CCC(c2c[nH]c3c(C(N)=O)cc(-c4ccc(-c5ccccc5)cc4)cc23)CC1. The maximum Gasteiger partial charge on any atom is 0.409 e. The third-order valence-corrected chi connectivity index (χ3v) is 7.15. The zero-order valence-corrected chi connectivity index (χ0v) is 21.4. The molecule has 3 N–H and O–H groups in total. The number of hydrogen-bond acceptors (Lipinski definition) is 3. The molecule has 1 saturated heterocycles. The first-order valence-electron chi connectivity index (χ1n) is 12.9. The lowest BCUT2D eigenvalue weighted by Crippen LogP contribution is -2.38. The van der Waals surface area contributed by atoms with Crippen molar-refractivity contribution >= 4 is 22.9 Å². The molecule has 3 aromatic carbocycles. The summed E-state index contributed by atoms with van der Waals surface area (Å²) in [6.45, 7) is 5.80. The van der Waals surface area contributed by atoms with E-state index >= 15 is 0 Å². The van der Waals surface area contributed by atoms with Crippen LogP contribution in [-0.2, 0) is 4.74 Å². The minimum atomic E-state index is -0.455. The lowest BCUT2D eigenvalue weighted by Gasteiger charge is -2.31. The van der Waals surface area contributed by atoms with E-state index in [1.165, 1.54) is 0 Å². The average molecular weight is 496 g/mol. The van der Waals surface area contributed by atoms with E-state index < -0.39 is 5.91 Å². The number of carbonyl (C=O) groups excluding carboxylic acids is 2. The van der Waals surface area contributed by atoms with Crippen molar-refractivity contribution in [2.45, 2.75) is 32.6 Å². The highest BCUT2D eigenvalue weighted by molar-refractivity contribution is 6.07. The van der Waals surface area contributed by atoms with E-state index in [-0.39, 0.29) is 12.0 Å². The normalized spacial score (nSPS) is 14.3. The van der Waals surface area contributed by atoms with Crippen molar-refractivity contribution < 1.29 is 14.3 Å². The minimum absolute atomic E-state index is 0.233. The van der Waals surface area contributed by atoms with Gasteiger partial charge in [-0.2, -0.15) is 0 Å². The predicted octanol–water partition coefficient (Wildman–Crippen LogP) is 6.57.